The van der Waals surface area contributed by atoms with Crippen LogP contribution in [0.3, 0.4) is 0 Å². The lowest BCUT2D eigenvalue weighted by molar-refractivity contribution is 0.0954. The van der Waals surface area contributed by atoms with Gasteiger partial charge in [0.15, 0.2) is 0 Å². The molecule has 2 aromatic carbocycles. The van der Waals surface area contributed by atoms with Crippen LogP contribution in [0, 0.1) is 0 Å². The fourth-order valence-electron chi connectivity index (χ4n) is 4.57. The lowest BCUT2D eigenvalue weighted by Crippen LogP contribution is -2.25. The molecule has 3 aromatic heterocycles. The summed E-state index contributed by atoms with van der Waals surface area (Å²) in [5.74, 6) is 0.0282. The van der Waals surface area contributed by atoms with Crippen molar-refractivity contribution >= 4 is 5.91 Å². The molecule has 37 heavy (non-hydrogen) atoms. The molecule has 5 rings (SSSR count). The van der Waals surface area contributed by atoms with E-state index in [1.54, 1.807) is 18.6 Å². The van der Waals surface area contributed by atoms with Gasteiger partial charge < -0.3 is 5.32 Å². The maximum absolute atomic E-state index is 12.9. The standard InChI is InChI=1S/C32H28N4O/c37-32(36-19-15-29-13-3-4-18-35-29)26-10-5-9-24(20-26)30-14-2-1-8-25(30)21-31(27-11-6-16-33-22-27)28-12-7-17-34-23-28/h1-14,16-18,20,22-23,31H,15,19,21H2,(H,36,37). The van der Waals surface area contributed by atoms with Crippen molar-refractivity contribution in [3.63, 3.8) is 0 Å². The average molecular weight is 485 g/mol. The van der Waals surface area contributed by atoms with E-state index >= 15 is 0 Å². The SMILES string of the molecule is O=C(NCCc1ccccn1)c1cccc(-c2ccccc2CC(c2cccnc2)c2cccnc2)c1. The topological polar surface area (TPSA) is 67.8 Å². The smallest absolute Gasteiger partial charge is 0.251 e. The molecular weight excluding hydrogens is 456 g/mol. The van der Waals surface area contributed by atoms with Crippen LogP contribution in [0.15, 0.2) is 122 Å². The third kappa shape index (κ3) is 6.14. The summed E-state index contributed by atoms with van der Waals surface area (Å²) in [4.78, 5) is 25.9. The molecule has 0 aliphatic rings. The molecule has 0 atom stereocenters. The highest BCUT2D eigenvalue weighted by Gasteiger charge is 2.18. The first-order chi connectivity index (χ1) is 18.3. The van der Waals surface area contributed by atoms with Crippen LogP contribution in [0.1, 0.15) is 38.7 Å². The maximum atomic E-state index is 12.9. The van der Waals surface area contributed by atoms with Gasteiger partial charge >= 0.3 is 0 Å². The lowest BCUT2D eigenvalue weighted by Gasteiger charge is -2.20. The number of carbonyl (C=O) groups excluding carboxylic acids is 1. The summed E-state index contributed by atoms with van der Waals surface area (Å²) in [6, 6.07) is 30.2. The Hall–Kier alpha value is -4.64. The molecule has 0 spiro atoms. The molecule has 0 fully saturated rings. The van der Waals surface area contributed by atoms with E-state index in [0.29, 0.717) is 18.5 Å². The Morgan fingerprint density at radius 2 is 1.51 bits per heavy atom. The Morgan fingerprint density at radius 3 is 2.22 bits per heavy atom. The van der Waals surface area contributed by atoms with Gasteiger partial charge in [0.2, 0.25) is 0 Å². The highest BCUT2D eigenvalue weighted by Crippen LogP contribution is 2.32. The predicted octanol–water partition coefficient (Wildman–Crippen LogP) is 5.89. The van der Waals surface area contributed by atoms with E-state index in [1.807, 2.05) is 67.0 Å². The number of rotatable bonds is 9. The maximum Gasteiger partial charge on any atom is 0.251 e. The second-order valence-corrected chi connectivity index (χ2v) is 8.89. The molecule has 0 saturated carbocycles. The molecule has 0 saturated heterocycles. The Morgan fingerprint density at radius 1 is 0.757 bits per heavy atom. The van der Waals surface area contributed by atoms with Crippen molar-refractivity contribution in [3.8, 4) is 11.1 Å². The van der Waals surface area contributed by atoms with Gasteiger partial charge in [-0.2, -0.15) is 0 Å². The first-order valence-electron chi connectivity index (χ1n) is 12.4. The van der Waals surface area contributed by atoms with Gasteiger partial charge in [-0.25, -0.2) is 0 Å². The summed E-state index contributed by atoms with van der Waals surface area (Å²) < 4.78 is 0. The van der Waals surface area contributed by atoms with Crippen molar-refractivity contribution in [2.75, 3.05) is 6.54 Å². The number of pyridine rings is 3. The fourth-order valence-corrected chi connectivity index (χ4v) is 4.57. The Kier molecular flexibility index (Phi) is 7.72. The van der Waals surface area contributed by atoms with Gasteiger partial charge in [-0.15, -0.1) is 0 Å². The van der Waals surface area contributed by atoms with E-state index in [2.05, 4.69) is 56.7 Å². The van der Waals surface area contributed by atoms with E-state index in [9.17, 15) is 4.79 Å². The van der Waals surface area contributed by atoms with Crippen LogP contribution in [0.5, 0.6) is 0 Å². The van der Waals surface area contributed by atoms with Gasteiger partial charge in [0.25, 0.3) is 5.91 Å². The number of nitrogens with zero attached hydrogens (tertiary/aromatic N) is 3. The molecule has 0 bridgehead atoms. The largest absolute Gasteiger partial charge is 0.352 e. The monoisotopic (exact) mass is 484 g/mol. The van der Waals surface area contributed by atoms with Crippen molar-refractivity contribution in [1.82, 2.24) is 20.3 Å². The Labute approximate surface area is 217 Å². The van der Waals surface area contributed by atoms with Crippen molar-refractivity contribution in [2.24, 2.45) is 0 Å². The number of aromatic nitrogens is 3. The van der Waals surface area contributed by atoms with E-state index in [1.165, 1.54) is 5.56 Å². The number of hydrogen-bond donors (Lipinski definition) is 1. The van der Waals surface area contributed by atoms with Gasteiger partial charge in [-0.3, -0.25) is 19.7 Å². The van der Waals surface area contributed by atoms with Crippen molar-refractivity contribution in [3.05, 3.63) is 150 Å². The number of nitrogens with one attached hydrogen (secondary N) is 1. The molecular formula is C32H28N4O. The first kappa shape index (κ1) is 24.1. The van der Waals surface area contributed by atoms with Crippen LogP contribution >= 0.6 is 0 Å². The zero-order valence-corrected chi connectivity index (χ0v) is 20.5. The summed E-state index contributed by atoms with van der Waals surface area (Å²) >= 11 is 0. The average Bonchev–Trinajstić information content (AvgIpc) is 2.97. The third-order valence-corrected chi connectivity index (χ3v) is 6.44. The Bertz CT molecular complexity index is 1400. The molecule has 0 aliphatic heterocycles. The minimum absolute atomic E-state index is 0.0844. The number of hydrogen-bond acceptors (Lipinski definition) is 4. The summed E-state index contributed by atoms with van der Waals surface area (Å²) in [6.45, 7) is 0.536. The van der Waals surface area contributed by atoms with Crippen LogP contribution in [-0.4, -0.2) is 27.4 Å². The molecule has 3 heterocycles. The van der Waals surface area contributed by atoms with E-state index in [0.717, 1.165) is 34.4 Å². The minimum Gasteiger partial charge on any atom is -0.352 e. The molecule has 0 radical (unpaired) electrons. The van der Waals surface area contributed by atoms with E-state index in [4.69, 9.17) is 0 Å². The van der Waals surface area contributed by atoms with Crippen LogP contribution in [0.2, 0.25) is 0 Å². The lowest BCUT2D eigenvalue weighted by atomic mass is 9.85. The summed E-state index contributed by atoms with van der Waals surface area (Å²) in [6.07, 6.45) is 10.7. The zero-order valence-electron chi connectivity index (χ0n) is 20.5. The van der Waals surface area contributed by atoms with Crippen molar-refractivity contribution in [2.45, 2.75) is 18.8 Å². The summed E-state index contributed by atoms with van der Waals surface area (Å²) in [7, 11) is 0. The number of carbonyl (C=O) groups is 1. The summed E-state index contributed by atoms with van der Waals surface area (Å²) in [5, 5.41) is 3.02. The van der Waals surface area contributed by atoms with Crippen LogP contribution in [-0.2, 0) is 12.8 Å². The van der Waals surface area contributed by atoms with Gasteiger partial charge in [0, 0.05) is 61.1 Å². The quantitative estimate of drug-likeness (QED) is 0.283. The second-order valence-electron chi connectivity index (χ2n) is 8.89. The highest BCUT2D eigenvalue weighted by atomic mass is 16.1. The Balaban J connectivity index is 1.38. The molecule has 5 aromatic rings. The third-order valence-electron chi connectivity index (χ3n) is 6.44. The molecule has 1 amide bonds. The van der Waals surface area contributed by atoms with Gasteiger partial charge in [0.1, 0.15) is 0 Å². The number of amides is 1. The van der Waals surface area contributed by atoms with Gasteiger partial charge in [-0.1, -0.05) is 54.6 Å². The first-order valence-corrected chi connectivity index (χ1v) is 12.4. The second kappa shape index (κ2) is 11.9. The van der Waals surface area contributed by atoms with E-state index < -0.39 is 0 Å². The molecule has 0 unspecified atom stereocenters. The van der Waals surface area contributed by atoms with Crippen LogP contribution in [0.4, 0.5) is 0 Å². The molecule has 5 nitrogen and oxygen atoms in total. The van der Waals surface area contributed by atoms with Gasteiger partial charge in [0.05, 0.1) is 0 Å². The molecule has 1 N–H and O–H groups in total. The molecule has 5 heteroatoms. The van der Waals surface area contributed by atoms with E-state index in [-0.39, 0.29) is 11.8 Å². The van der Waals surface area contributed by atoms with Gasteiger partial charge in [-0.05, 0) is 70.6 Å². The zero-order chi connectivity index (χ0) is 25.3. The van der Waals surface area contributed by atoms with Crippen LogP contribution in [0.25, 0.3) is 11.1 Å². The minimum atomic E-state index is -0.0844. The number of benzene rings is 2. The normalized spacial score (nSPS) is 10.8. The predicted molar refractivity (Wildman–Crippen MR) is 146 cm³/mol. The van der Waals surface area contributed by atoms with Crippen molar-refractivity contribution < 1.29 is 4.79 Å². The summed E-state index contributed by atoms with van der Waals surface area (Å²) in [5.41, 5.74) is 7.23. The fraction of sp³-hybridized carbons (Fsp3) is 0.125. The molecule has 0 aliphatic carbocycles. The molecule has 182 valence electrons. The van der Waals surface area contributed by atoms with Crippen molar-refractivity contribution in [1.29, 1.82) is 0 Å². The van der Waals surface area contributed by atoms with Crippen LogP contribution < -0.4 is 5.32 Å². The highest BCUT2D eigenvalue weighted by molar-refractivity contribution is 5.95.